The van der Waals surface area contributed by atoms with Crippen LogP contribution in [-0.4, -0.2) is 25.9 Å². The maximum absolute atomic E-state index is 11.6. The lowest BCUT2D eigenvalue weighted by Crippen LogP contribution is -2.24. The van der Waals surface area contributed by atoms with Crippen molar-refractivity contribution in [2.24, 2.45) is 5.73 Å². The second-order valence-corrected chi connectivity index (χ2v) is 5.71. The lowest BCUT2D eigenvalue weighted by atomic mass is 10.1. The van der Waals surface area contributed by atoms with Gasteiger partial charge in [-0.05, 0) is 49.1 Å². The molecule has 5 heteroatoms. The van der Waals surface area contributed by atoms with Crippen LogP contribution in [0.25, 0.3) is 0 Å². The molecule has 5 nitrogen and oxygen atoms in total. The Bertz CT molecular complexity index is 615. The summed E-state index contributed by atoms with van der Waals surface area (Å²) in [5.41, 5.74) is 7.78. The van der Waals surface area contributed by atoms with Gasteiger partial charge in [0.25, 0.3) is 0 Å². The van der Waals surface area contributed by atoms with Crippen molar-refractivity contribution in [3.8, 4) is 5.75 Å². The van der Waals surface area contributed by atoms with E-state index in [4.69, 9.17) is 15.2 Å². The molecule has 0 aliphatic rings. The van der Waals surface area contributed by atoms with Gasteiger partial charge in [-0.1, -0.05) is 42.5 Å². The quantitative estimate of drug-likeness (QED) is 0.650. The third-order valence-electron chi connectivity index (χ3n) is 3.68. The molecule has 0 aliphatic heterocycles. The first-order valence-corrected chi connectivity index (χ1v) is 8.64. The molecule has 2 aromatic rings. The summed E-state index contributed by atoms with van der Waals surface area (Å²) in [5.74, 6) is 0.849. The molecule has 0 saturated carbocycles. The highest BCUT2D eigenvalue weighted by Crippen LogP contribution is 2.12. The number of unbranched alkanes of at least 4 members (excludes halogenated alkanes) is 1. The Balaban J connectivity index is 1.50. The maximum atomic E-state index is 11.6. The Morgan fingerprint density at radius 2 is 1.64 bits per heavy atom. The standard InChI is InChI=1S/C20H26N2O3/c21-13-12-17-8-10-19(11-9-17)24-14-4-5-15-25-20(23)22-16-18-6-2-1-3-7-18/h1-3,6-11H,4-5,12-16,21H2,(H,22,23). The van der Waals surface area contributed by atoms with Crippen molar-refractivity contribution in [2.75, 3.05) is 19.8 Å². The zero-order valence-electron chi connectivity index (χ0n) is 14.4. The molecule has 2 aromatic carbocycles. The molecule has 0 heterocycles. The van der Waals surface area contributed by atoms with Gasteiger partial charge in [0.05, 0.1) is 13.2 Å². The molecule has 25 heavy (non-hydrogen) atoms. The Morgan fingerprint density at radius 3 is 2.36 bits per heavy atom. The van der Waals surface area contributed by atoms with E-state index >= 15 is 0 Å². The fourth-order valence-electron chi connectivity index (χ4n) is 2.30. The van der Waals surface area contributed by atoms with E-state index in [1.807, 2.05) is 54.6 Å². The van der Waals surface area contributed by atoms with Crippen molar-refractivity contribution >= 4 is 6.09 Å². The first kappa shape index (κ1) is 18.8. The number of nitrogens with one attached hydrogen (secondary N) is 1. The van der Waals surface area contributed by atoms with Gasteiger partial charge in [-0.25, -0.2) is 4.79 Å². The monoisotopic (exact) mass is 342 g/mol. The van der Waals surface area contributed by atoms with Gasteiger partial charge in [0.2, 0.25) is 0 Å². The summed E-state index contributed by atoms with van der Waals surface area (Å²) in [6.07, 6.45) is 2.09. The highest BCUT2D eigenvalue weighted by Gasteiger charge is 2.02. The van der Waals surface area contributed by atoms with Gasteiger partial charge in [0.1, 0.15) is 5.75 Å². The fraction of sp³-hybridized carbons (Fsp3) is 0.350. The number of alkyl carbamates (subject to hydrolysis) is 1. The summed E-state index contributed by atoms with van der Waals surface area (Å²) in [6, 6.07) is 17.7. The second-order valence-electron chi connectivity index (χ2n) is 5.71. The lowest BCUT2D eigenvalue weighted by Gasteiger charge is -2.08. The van der Waals surface area contributed by atoms with Crippen molar-refractivity contribution in [3.05, 3.63) is 65.7 Å². The van der Waals surface area contributed by atoms with Crippen LogP contribution in [0.5, 0.6) is 5.75 Å². The summed E-state index contributed by atoms with van der Waals surface area (Å²) in [7, 11) is 0. The van der Waals surface area contributed by atoms with Gasteiger partial charge in [-0.15, -0.1) is 0 Å². The van der Waals surface area contributed by atoms with Gasteiger partial charge in [-0.2, -0.15) is 0 Å². The minimum atomic E-state index is -0.389. The summed E-state index contributed by atoms with van der Waals surface area (Å²) < 4.78 is 10.8. The van der Waals surface area contributed by atoms with Crippen molar-refractivity contribution in [1.82, 2.24) is 5.32 Å². The SMILES string of the molecule is NCCc1ccc(OCCCCOC(=O)NCc2ccccc2)cc1. The maximum Gasteiger partial charge on any atom is 0.407 e. The van der Waals surface area contributed by atoms with Crippen LogP contribution in [0.4, 0.5) is 4.79 Å². The van der Waals surface area contributed by atoms with Crippen molar-refractivity contribution in [1.29, 1.82) is 0 Å². The van der Waals surface area contributed by atoms with E-state index in [-0.39, 0.29) is 6.09 Å². The van der Waals surface area contributed by atoms with E-state index < -0.39 is 0 Å². The Kier molecular flexibility index (Phi) is 8.35. The molecule has 0 aliphatic carbocycles. The van der Waals surface area contributed by atoms with Crippen LogP contribution in [0, 0.1) is 0 Å². The van der Waals surface area contributed by atoms with E-state index in [0.29, 0.717) is 26.3 Å². The van der Waals surface area contributed by atoms with Gasteiger partial charge >= 0.3 is 6.09 Å². The summed E-state index contributed by atoms with van der Waals surface area (Å²) in [6.45, 7) is 2.12. The minimum absolute atomic E-state index is 0.388. The van der Waals surface area contributed by atoms with Gasteiger partial charge < -0.3 is 20.5 Å². The predicted molar refractivity (Wildman–Crippen MR) is 98.6 cm³/mol. The number of hydrogen-bond acceptors (Lipinski definition) is 4. The molecule has 3 N–H and O–H groups in total. The van der Waals surface area contributed by atoms with Gasteiger partial charge in [0, 0.05) is 6.54 Å². The predicted octanol–water partition coefficient (Wildman–Crippen LogP) is 3.27. The van der Waals surface area contributed by atoms with Crippen LogP contribution >= 0.6 is 0 Å². The summed E-state index contributed by atoms with van der Waals surface area (Å²) in [4.78, 5) is 11.6. The summed E-state index contributed by atoms with van der Waals surface area (Å²) in [5, 5.41) is 2.73. The molecular formula is C20H26N2O3. The second kappa shape index (κ2) is 11.1. The van der Waals surface area contributed by atoms with Gasteiger partial charge in [-0.3, -0.25) is 0 Å². The Morgan fingerprint density at radius 1 is 0.920 bits per heavy atom. The third kappa shape index (κ3) is 7.72. The van der Waals surface area contributed by atoms with Gasteiger partial charge in [0.15, 0.2) is 0 Å². The van der Waals surface area contributed by atoms with E-state index in [2.05, 4.69) is 5.32 Å². The molecule has 0 radical (unpaired) electrons. The van der Waals surface area contributed by atoms with Crippen molar-refractivity contribution < 1.29 is 14.3 Å². The van der Waals surface area contributed by atoms with E-state index in [1.54, 1.807) is 0 Å². The fourth-order valence-corrected chi connectivity index (χ4v) is 2.30. The smallest absolute Gasteiger partial charge is 0.407 e. The molecule has 134 valence electrons. The number of rotatable bonds is 10. The normalized spacial score (nSPS) is 10.3. The van der Waals surface area contributed by atoms with Crippen molar-refractivity contribution in [3.63, 3.8) is 0 Å². The molecule has 0 spiro atoms. The molecular weight excluding hydrogens is 316 g/mol. The number of carbonyl (C=O) groups excluding carboxylic acids is 1. The third-order valence-corrected chi connectivity index (χ3v) is 3.68. The van der Waals surface area contributed by atoms with Crippen LogP contribution < -0.4 is 15.8 Å². The van der Waals surface area contributed by atoms with Crippen LogP contribution in [0.15, 0.2) is 54.6 Å². The number of carbonyl (C=O) groups is 1. The van der Waals surface area contributed by atoms with Crippen LogP contribution in [0.3, 0.4) is 0 Å². The van der Waals surface area contributed by atoms with Crippen LogP contribution in [0.2, 0.25) is 0 Å². The number of ether oxygens (including phenoxy) is 2. The topological polar surface area (TPSA) is 73.6 Å². The van der Waals surface area contributed by atoms with Crippen molar-refractivity contribution in [2.45, 2.75) is 25.8 Å². The minimum Gasteiger partial charge on any atom is -0.494 e. The van der Waals surface area contributed by atoms with Crippen LogP contribution in [0.1, 0.15) is 24.0 Å². The highest BCUT2D eigenvalue weighted by molar-refractivity contribution is 5.67. The average molecular weight is 342 g/mol. The van der Waals surface area contributed by atoms with E-state index in [0.717, 1.165) is 30.6 Å². The molecule has 0 fully saturated rings. The van der Waals surface area contributed by atoms with E-state index in [9.17, 15) is 4.79 Å². The highest BCUT2D eigenvalue weighted by atomic mass is 16.5. The molecule has 2 rings (SSSR count). The van der Waals surface area contributed by atoms with E-state index in [1.165, 1.54) is 5.56 Å². The average Bonchev–Trinajstić information content (AvgIpc) is 2.65. The molecule has 0 aromatic heterocycles. The largest absolute Gasteiger partial charge is 0.494 e. The molecule has 0 bridgehead atoms. The lowest BCUT2D eigenvalue weighted by molar-refractivity contribution is 0.141. The van der Waals surface area contributed by atoms with Crippen LogP contribution in [-0.2, 0) is 17.7 Å². The summed E-state index contributed by atoms with van der Waals surface area (Å²) >= 11 is 0. The molecule has 0 saturated heterocycles. The first-order valence-electron chi connectivity index (χ1n) is 8.64. The molecule has 0 unspecified atom stereocenters. The Labute approximate surface area is 149 Å². The Hall–Kier alpha value is -2.53. The number of hydrogen-bond donors (Lipinski definition) is 2. The number of nitrogens with two attached hydrogens (primary N) is 1. The number of amides is 1. The zero-order valence-corrected chi connectivity index (χ0v) is 14.4. The molecule has 0 atom stereocenters. The molecule has 1 amide bonds. The zero-order chi connectivity index (χ0) is 17.7. The first-order chi connectivity index (χ1) is 12.3. The number of benzene rings is 2.